The average molecular weight is 386 g/mol. The second-order valence-electron chi connectivity index (χ2n) is 4.40. The summed E-state index contributed by atoms with van der Waals surface area (Å²) in [6.07, 6.45) is -3.84. The molecule has 1 N–H and O–H groups in total. The molecule has 0 aliphatic heterocycles. The van der Waals surface area contributed by atoms with Crippen LogP contribution >= 0.6 is 22.6 Å². The fraction of sp³-hybridized carbons (Fsp3) is 0.417. The van der Waals surface area contributed by atoms with Gasteiger partial charge in [-0.15, -0.1) is 0 Å². The van der Waals surface area contributed by atoms with E-state index in [0.717, 1.165) is 12.1 Å². The van der Waals surface area contributed by atoms with Gasteiger partial charge in [0.25, 0.3) is 0 Å². The van der Waals surface area contributed by atoms with Crippen molar-refractivity contribution < 1.29 is 27.8 Å². The van der Waals surface area contributed by atoms with Crippen molar-refractivity contribution >= 4 is 28.6 Å². The van der Waals surface area contributed by atoms with Crippen LogP contribution < -0.4 is 4.74 Å². The molecule has 0 unspecified atom stereocenters. The van der Waals surface area contributed by atoms with Crippen molar-refractivity contribution in [3.05, 3.63) is 29.3 Å². The molecule has 1 saturated carbocycles. The fourth-order valence-electron chi connectivity index (χ4n) is 1.66. The Labute approximate surface area is 120 Å². The Morgan fingerprint density at radius 1 is 1.37 bits per heavy atom. The minimum absolute atomic E-state index is 0.0404. The number of carboxylic acid groups (broad SMARTS) is 1. The van der Waals surface area contributed by atoms with E-state index in [1.54, 1.807) is 0 Å². The van der Waals surface area contributed by atoms with E-state index in [1.807, 2.05) is 22.6 Å². The number of halogens is 4. The van der Waals surface area contributed by atoms with Gasteiger partial charge in [-0.3, -0.25) is 0 Å². The van der Waals surface area contributed by atoms with Gasteiger partial charge in [0.05, 0.1) is 5.56 Å². The molecule has 2 rings (SSSR count). The summed E-state index contributed by atoms with van der Waals surface area (Å²) in [7, 11) is 0. The number of hydrogen-bond acceptors (Lipinski definition) is 2. The smallest absolute Gasteiger partial charge is 0.416 e. The maximum Gasteiger partial charge on any atom is 0.416 e. The van der Waals surface area contributed by atoms with Gasteiger partial charge in [-0.25, -0.2) is 4.79 Å². The Bertz CT molecular complexity index is 509. The summed E-state index contributed by atoms with van der Waals surface area (Å²) in [5.74, 6) is -1.18. The maximum atomic E-state index is 12.7. The molecule has 0 amide bonds. The van der Waals surface area contributed by atoms with E-state index in [-0.39, 0.29) is 5.75 Å². The number of ether oxygens (including phenoxy) is 1. The summed E-state index contributed by atoms with van der Waals surface area (Å²) >= 11 is 1.94. The predicted octanol–water partition coefficient (Wildman–Crippen LogP) is 3.64. The van der Waals surface area contributed by atoms with Crippen molar-refractivity contribution in [2.75, 3.05) is 0 Å². The third-order valence-corrected chi connectivity index (χ3v) is 3.74. The van der Waals surface area contributed by atoms with Gasteiger partial charge >= 0.3 is 12.1 Å². The van der Waals surface area contributed by atoms with Gasteiger partial charge in [0, 0.05) is 17.3 Å². The van der Waals surface area contributed by atoms with Crippen molar-refractivity contribution in [2.45, 2.75) is 29.0 Å². The average Bonchev–Trinajstić information content (AvgIpc) is 3.08. The van der Waals surface area contributed by atoms with Crippen molar-refractivity contribution in [3.63, 3.8) is 0 Å². The molecule has 1 aliphatic rings. The molecule has 104 valence electrons. The van der Waals surface area contributed by atoms with Crippen molar-refractivity contribution in [1.29, 1.82) is 0 Å². The molecule has 1 aliphatic carbocycles. The molecule has 0 aromatic heterocycles. The Morgan fingerprint density at radius 3 is 2.42 bits per heavy atom. The maximum absolute atomic E-state index is 12.7. The zero-order chi connectivity index (χ0) is 14.3. The number of benzene rings is 1. The predicted molar refractivity (Wildman–Crippen MR) is 69.4 cm³/mol. The van der Waals surface area contributed by atoms with Crippen LogP contribution in [0.4, 0.5) is 13.2 Å². The highest BCUT2D eigenvalue weighted by atomic mass is 127. The lowest BCUT2D eigenvalue weighted by atomic mass is 10.1. The quantitative estimate of drug-likeness (QED) is 0.635. The number of alkyl halides is 4. The van der Waals surface area contributed by atoms with Crippen LogP contribution in [0.1, 0.15) is 24.0 Å². The van der Waals surface area contributed by atoms with Crippen LogP contribution in [0.25, 0.3) is 0 Å². The number of hydrogen-bond donors (Lipinski definition) is 1. The first kappa shape index (κ1) is 14.4. The fourth-order valence-corrected chi connectivity index (χ4v) is 2.10. The topological polar surface area (TPSA) is 46.5 Å². The van der Waals surface area contributed by atoms with Crippen LogP contribution in [0.3, 0.4) is 0 Å². The molecule has 0 atom stereocenters. The largest absolute Gasteiger partial charge is 0.478 e. The summed E-state index contributed by atoms with van der Waals surface area (Å²) in [6, 6.07) is 3.34. The number of carbonyl (C=O) groups is 1. The van der Waals surface area contributed by atoms with E-state index in [9.17, 15) is 18.0 Å². The van der Waals surface area contributed by atoms with E-state index >= 15 is 0 Å². The van der Waals surface area contributed by atoms with Crippen LogP contribution in [0.15, 0.2) is 18.2 Å². The van der Waals surface area contributed by atoms with Crippen LogP contribution in [0.2, 0.25) is 0 Å². The first-order valence-corrected chi connectivity index (χ1v) is 6.99. The molecule has 19 heavy (non-hydrogen) atoms. The standard InChI is InChI=1S/C12H10F3IO3/c13-12(14,15)8-3-7(6-16)4-9(5-8)19-11(1-2-11)10(17)18/h3-5H,1-2,6H2,(H,17,18). The van der Waals surface area contributed by atoms with E-state index < -0.39 is 23.3 Å². The van der Waals surface area contributed by atoms with Gasteiger partial charge in [-0.05, 0) is 23.8 Å². The molecule has 0 spiro atoms. The van der Waals surface area contributed by atoms with E-state index in [0.29, 0.717) is 22.8 Å². The van der Waals surface area contributed by atoms with Gasteiger partial charge < -0.3 is 9.84 Å². The minimum Gasteiger partial charge on any atom is -0.478 e. The second-order valence-corrected chi connectivity index (χ2v) is 5.16. The SMILES string of the molecule is O=C(O)C1(Oc2cc(CI)cc(C(F)(F)F)c2)CC1. The lowest BCUT2D eigenvalue weighted by molar-refractivity contribution is -0.147. The Morgan fingerprint density at radius 2 is 2.00 bits per heavy atom. The minimum atomic E-state index is -4.47. The zero-order valence-electron chi connectivity index (χ0n) is 9.63. The monoisotopic (exact) mass is 386 g/mol. The van der Waals surface area contributed by atoms with Crippen LogP contribution in [0, 0.1) is 0 Å². The van der Waals surface area contributed by atoms with E-state index in [4.69, 9.17) is 9.84 Å². The molecular formula is C12H10F3IO3. The normalized spacial score (nSPS) is 17.1. The first-order valence-electron chi connectivity index (χ1n) is 5.46. The highest BCUT2D eigenvalue weighted by molar-refractivity contribution is 14.1. The molecule has 0 bridgehead atoms. The van der Waals surface area contributed by atoms with Crippen molar-refractivity contribution in [3.8, 4) is 5.75 Å². The highest BCUT2D eigenvalue weighted by Gasteiger charge is 2.53. The first-order chi connectivity index (χ1) is 8.77. The zero-order valence-corrected chi connectivity index (χ0v) is 11.8. The molecule has 0 heterocycles. The Kier molecular flexibility index (Phi) is 3.67. The highest BCUT2D eigenvalue weighted by Crippen LogP contribution is 2.42. The molecule has 1 aromatic carbocycles. The van der Waals surface area contributed by atoms with E-state index in [2.05, 4.69) is 0 Å². The molecule has 1 aromatic rings. The molecule has 0 saturated heterocycles. The number of carboxylic acids is 1. The van der Waals surface area contributed by atoms with Gasteiger partial charge in [0.1, 0.15) is 5.75 Å². The summed E-state index contributed by atoms with van der Waals surface area (Å²) in [5, 5.41) is 8.97. The number of rotatable bonds is 4. The van der Waals surface area contributed by atoms with Crippen molar-refractivity contribution in [2.24, 2.45) is 0 Å². The van der Waals surface area contributed by atoms with Gasteiger partial charge in [-0.2, -0.15) is 13.2 Å². The Balaban J connectivity index is 2.33. The third-order valence-electron chi connectivity index (χ3n) is 2.86. The third kappa shape index (κ3) is 3.13. The summed E-state index contributed by atoms with van der Waals surface area (Å²) in [5.41, 5.74) is -1.71. The van der Waals surface area contributed by atoms with Crippen LogP contribution in [0.5, 0.6) is 5.75 Å². The molecule has 3 nitrogen and oxygen atoms in total. The molecule has 0 radical (unpaired) electrons. The molecule has 1 fully saturated rings. The molecule has 7 heteroatoms. The number of aliphatic carboxylic acids is 1. The van der Waals surface area contributed by atoms with Gasteiger partial charge in [-0.1, -0.05) is 22.6 Å². The van der Waals surface area contributed by atoms with E-state index in [1.165, 1.54) is 6.07 Å². The van der Waals surface area contributed by atoms with Gasteiger partial charge in [0.15, 0.2) is 0 Å². The van der Waals surface area contributed by atoms with Crippen molar-refractivity contribution in [1.82, 2.24) is 0 Å². The van der Waals surface area contributed by atoms with Gasteiger partial charge in [0.2, 0.25) is 5.60 Å². The molecular weight excluding hydrogens is 376 g/mol. The Hall–Kier alpha value is -0.990. The summed E-state index contributed by atoms with van der Waals surface area (Å²) in [6.45, 7) is 0. The summed E-state index contributed by atoms with van der Waals surface area (Å²) in [4.78, 5) is 11.0. The lowest BCUT2D eigenvalue weighted by Gasteiger charge is -2.16. The lowest BCUT2D eigenvalue weighted by Crippen LogP contribution is -2.29. The van der Waals surface area contributed by atoms with Crippen LogP contribution in [-0.4, -0.2) is 16.7 Å². The van der Waals surface area contributed by atoms with Crippen LogP contribution in [-0.2, 0) is 15.4 Å². The second kappa shape index (κ2) is 4.84. The summed E-state index contributed by atoms with van der Waals surface area (Å²) < 4.78 is 43.8.